The van der Waals surface area contributed by atoms with Crippen molar-refractivity contribution in [1.82, 2.24) is 19.4 Å². The van der Waals surface area contributed by atoms with Gasteiger partial charge in [-0.2, -0.15) is 0 Å². The van der Waals surface area contributed by atoms with Gasteiger partial charge < -0.3 is 14.6 Å². The fourth-order valence-corrected chi connectivity index (χ4v) is 4.13. The summed E-state index contributed by atoms with van der Waals surface area (Å²) in [5, 5.41) is 9.51. The van der Waals surface area contributed by atoms with Gasteiger partial charge in [-0.25, -0.2) is 17.6 Å². The number of fused-ring (bicyclic) bond motifs is 1. The third-order valence-electron chi connectivity index (χ3n) is 5.06. The van der Waals surface area contributed by atoms with Crippen LogP contribution in [0.2, 0.25) is 0 Å². The third kappa shape index (κ3) is 3.90. The van der Waals surface area contributed by atoms with Gasteiger partial charge in [0.15, 0.2) is 9.84 Å². The Hall–Kier alpha value is -3.27. The number of amides is 1. The van der Waals surface area contributed by atoms with E-state index >= 15 is 0 Å². The summed E-state index contributed by atoms with van der Waals surface area (Å²) in [4.78, 5) is 21.1. The molecule has 8 nitrogen and oxygen atoms in total. The van der Waals surface area contributed by atoms with Crippen LogP contribution in [0.4, 0.5) is 9.18 Å². The number of nitrogens with zero attached hydrogens (tertiary/aromatic N) is 4. The molecule has 30 heavy (non-hydrogen) atoms. The first-order chi connectivity index (χ1) is 14.2. The number of hydrogen-bond donors (Lipinski definition) is 1. The molecule has 0 atom stereocenters. The van der Waals surface area contributed by atoms with Crippen LogP contribution < -0.4 is 0 Å². The van der Waals surface area contributed by atoms with E-state index in [2.05, 4.69) is 9.97 Å². The van der Waals surface area contributed by atoms with Crippen LogP contribution in [0.15, 0.2) is 47.8 Å². The monoisotopic (exact) mass is 430 g/mol. The zero-order valence-electron chi connectivity index (χ0n) is 16.1. The molecule has 0 unspecified atom stereocenters. The molecule has 4 rings (SSSR count). The Balaban J connectivity index is 1.56. The smallest absolute Gasteiger partial charge is 0.407 e. The summed E-state index contributed by atoms with van der Waals surface area (Å²) in [5.74, 6) is -0.613. The number of aromatic nitrogens is 3. The highest BCUT2D eigenvalue weighted by atomic mass is 32.2. The van der Waals surface area contributed by atoms with Crippen molar-refractivity contribution in [2.45, 2.75) is 17.9 Å². The summed E-state index contributed by atoms with van der Waals surface area (Å²) >= 11 is 0. The Morgan fingerprint density at radius 1 is 1.27 bits per heavy atom. The fourth-order valence-electron chi connectivity index (χ4n) is 3.47. The van der Waals surface area contributed by atoms with Gasteiger partial charge in [-0.1, -0.05) is 6.08 Å². The molecule has 1 N–H and O–H groups in total. The molecule has 10 heteroatoms. The minimum atomic E-state index is -3.50. The summed E-state index contributed by atoms with van der Waals surface area (Å²) in [5.41, 5.74) is 2.55. The first kappa shape index (κ1) is 20.0. The molecule has 156 valence electrons. The minimum Gasteiger partial charge on any atom is -0.465 e. The highest BCUT2D eigenvalue weighted by Crippen LogP contribution is 2.25. The van der Waals surface area contributed by atoms with Gasteiger partial charge in [0.1, 0.15) is 5.82 Å². The maximum atomic E-state index is 14.6. The van der Waals surface area contributed by atoms with Crippen molar-refractivity contribution in [3.63, 3.8) is 0 Å². The highest BCUT2D eigenvalue weighted by Gasteiger charge is 2.18. The molecule has 0 saturated heterocycles. The minimum absolute atomic E-state index is 0.0587. The molecule has 2 aromatic heterocycles. The van der Waals surface area contributed by atoms with Gasteiger partial charge in [0.25, 0.3) is 0 Å². The number of carboxylic acid groups (broad SMARTS) is 1. The standard InChI is InChI=1S/C20H19FN4O4S/c1-30(28,29)16-8-14-4-7-25(19(14)17(21)9-16)12-15-10-23-18(11-22-15)13-2-5-24(6-3-13)20(26)27/h2,4,7-11H,3,5-6,12H2,1H3,(H,26,27). The van der Waals surface area contributed by atoms with Gasteiger partial charge in [0, 0.05) is 30.9 Å². The van der Waals surface area contributed by atoms with Crippen LogP contribution in [0.5, 0.6) is 0 Å². The summed E-state index contributed by atoms with van der Waals surface area (Å²) in [6, 6.07) is 4.14. The van der Waals surface area contributed by atoms with Crippen molar-refractivity contribution in [3.05, 3.63) is 60.1 Å². The summed E-state index contributed by atoms with van der Waals surface area (Å²) in [7, 11) is -3.50. The first-order valence-electron chi connectivity index (χ1n) is 9.19. The van der Waals surface area contributed by atoms with Gasteiger partial charge >= 0.3 is 6.09 Å². The average molecular weight is 430 g/mol. The van der Waals surface area contributed by atoms with Gasteiger partial charge in [0.2, 0.25) is 0 Å². The van der Waals surface area contributed by atoms with E-state index in [1.165, 1.54) is 11.0 Å². The van der Waals surface area contributed by atoms with E-state index in [1.54, 1.807) is 29.2 Å². The van der Waals surface area contributed by atoms with Crippen LogP contribution in [0.3, 0.4) is 0 Å². The fraction of sp³-hybridized carbons (Fsp3) is 0.250. The molecule has 3 aromatic rings. The molecule has 0 spiro atoms. The van der Waals surface area contributed by atoms with Crippen molar-refractivity contribution in [2.75, 3.05) is 19.3 Å². The second kappa shape index (κ2) is 7.52. The normalized spacial score (nSPS) is 14.7. The maximum Gasteiger partial charge on any atom is 0.407 e. The van der Waals surface area contributed by atoms with E-state index in [0.29, 0.717) is 41.8 Å². The second-order valence-corrected chi connectivity index (χ2v) is 9.18. The number of hydrogen-bond acceptors (Lipinski definition) is 5. The van der Waals surface area contributed by atoms with Gasteiger partial charge in [-0.3, -0.25) is 9.97 Å². The molecule has 1 aliphatic heterocycles. The van der Waals surface area contributed by atoms with Crippen molar-refractivity contribution in [1.29, 1.82) is 0 Å². The van der Waals surface area contributed by atoms with Gasteiger partial charge in [-0.15, -0.1) is 0 Å². The van der Waals surface area contributed by atoms with Crippen molar-refractivity contribution in [2.24, 2.45) is 0 Å². The summed E-state index contributed by atoms with van der Waals surface area (Å²) in [6.07, 6.45) is 7.41. The lowest BCUT2D eigenvalue weighted by Gasteiger charge is -2.23. The number of benzene rings is 1. The van der Waals surface area contributed by atoms with Crippen molar-refractivity contribution < 1.29 is 22.7 Å². The Morgan fingerprint density at radius 2 is 2.07 bits per heavy atom. The van der Waals surface area contributed by atoms with E-state index in [0.717, 1.165) is 17.9 Å². The predicted octanol–water partition coefficient (Wildman–Crippen LogP) is 2.79. The van der Waals surface area contributed by atoms with Crippen LogP contribution in [0, 0.1) is 5.82 Å². The predicted molar refractivity (Wildman–Crippen MR) is 108 cm³/mol. The molecular formula is C20H19FN4O4S. The van der Waals surface area contributed by atoms with Crippen LogP contribution in [0.25, 0.3) is 16.5 Å². The van der Waals surface area contributed by atoms with Crippen LogP contribution in [-0.2, 0) is 16.4 Å². The molecule has 1 aromatic carbocycles. The zero-order chi connectivity index (χ0) is 21.5. The Bertz CT molecular complexity index is 1270. The summed E-state index contributed by atoms with van der Waals surface area (Å²) in [6.45, 7) is 1.00. The lowest BCUT2D eigenvalue weighted by molar-refractivity contribution is 0.150. The highest BCUT2D eigenvalue weighted by molar-refractivity contribution is 7.90. The van der Waals surface area contributed by atoms with Crippen LogP contribution in [-0.4, -0.2) is 58.4 Å². The first-order valence-corrected chi connectivity index (χ1v) is 11.1. The molecule has 0 radical (unpaired) electrons. The summed E-state index contributed by atoms with van der Waals surface area (Å²) < 4.78 is 39.7. The number of carbonyl (C=O) groups is 1. The molecule has 0 saturated carbocycles. The second-order valence-electron chi connectivity index (χ2n) is 7.16. The lowest BCUT2D eigenvalue weighted by Crippen LogP contribution is -2.33. The van der Waals surface area contributed by atoms with E-state index in [9.17, 15) is 17.6 Å². The third-order valence-corrected chi connectivity index (χ3v) is 6.15. The number of sulfone groups is 1. The average Bonchev–Trinajstić information content (AvgIpc) is 3.11. The molecule has 1 amide bonds. The van der Waals surface area contributed by atoms with Crippen LogP contribution >= 0.6 is 0 Å². The van der Waals surface area contributed by atoms with E-state index in [-0.39, 0.29) is 11.4 Å². The SMILES string of the molecule is CS(=O)(=O)c1cc(F)c2c(ccn2Cc2cnc(C3=CCN(C(=O)O)CC3)cn2)c1. The zero-order valence-corrected chi connectivity index (χ0v) is 16.9. The molecule has 1 aliphatic rings. The molecule has 0 aliphatic carbocycles. The van der Waals surface area contributed by atoms with Crippen molar-refractivity contribution >= 4 is 32.4 Å². The molecule has 0 bridgehead atoms. The maximum absolute atomic E-state index is 14.6. The largest absolute Gasteiger partial charge is 0.465 e. The Labute approximate surface area is 172 Å². The Morgan fingerprint density at radius 3 is 2.67 bits per heavy atom. The number of rotatable bonds is 4. The topological polar surface area (TPSA) is 105 Å². The lowest BCUT2D eigenvalue weighted by atomic mass is 10.1. The number of halogens is 1. The van der Waals surface area contributed by atoms with Gasteiger partial charge in [0.05, 0.1) is 40.7 Å². The van der Waals surface area contributed by atoms with E-state index in [1.807, 2.05) is 6.08 Å². The van der Waals surface area contributed by atoms with E-state index in [4.69, 9.17) is 5.11 Å². The van der Waals surface area contributed by atoms with Gasteiger partial charge in [-0.05, 0) is 30.2 Å². The Kier molecular flexibility index (Phi) is 5.02. The van der Waals surface area contributed by atoms with Crippen molar-refractivity contribution in [3.8, 4) is 0 Å². The van der Waals surface area contributed by atoms with E-state index < -0.39 is 21.7 Å². The molecule has 0 fully saturated rings. The van der Waals surface area contributed by atoms with Crippen LogP contribution in [0.1, 0.15) is 17.8 Å². The molecular weight excluding hydrogens is 411 g/mol. The quantitative estimate of drug-likeness (QED) is 0.682. The molecule has 3 heterocycles.